The average Bonchev–Trinajstić information content (AvgIpc) is 3.52. The summed E-state index contributed by atoms with van der Waals surface area (Å²) in [5.41, 5.74) is 11.1. The Kier molecular flexibility index (Phi) is 8.66. The molecule has 0 unspecified atom stereocenters. The first-order valence-corrected chi connectivity index (χ1v) is 18.2. The summed E-state index contributed by atoms with van der Waals surface area (Å²) in [6, 6.07) is 48.0. The second-order valence-corrected chi connectivity index (χ2v) is 13.4. The molecule has 0 radical (unpaired) electrons. The molecular formula is C49H36N4O. The maximum Gasteiger partial charge on any atom is 0.164 e. The SMILES string of the molecule is C/C=C\c1ncccc1CC1=C\C=C\Oc2ccc(-c3nc(-c4ccccc4)nc(-c4ccccc4)n3)cc2C2(\C=C\1)c1ccccc1-c1ccccc12. The quantitative estimate of drug-likeness (QED) is 0.173. The van der Waals surface area contributed by atoms with Crippen LogP contribution in [0.3, 0.4) is 0 Å². The fourth-order valence-corrected chi connectivity index (χ4v) is 7.66. The van der Waals surface area contributed by atoms with Gasteiger partial charge >= 0.3 is 0 Å². The highest BCUT2D eigenvalue weighted by Gasteiger charge is 2.44. The Morgan fingerprint density at radius 1 is 0.611 bits per heavy atom. The maximum absolute atomic E-state index is 6.58. The van der Waals surface area contributed by atoms with Gasteiger partial charge in [0.25, 0.3) is 0 Å². The molecule has 5 nitrogen and oxygen atoms in total. The van der Waals surface area contributed by atoms with Crippen LogP contribution in [0.4, 0.5) is 0 Å². The minimum absolute atomic E-state index is 0.588. The lowest BCUT2D eigenvalue weighted by atomic mass is 9.71. The van der Waals surface area contributed by atoms with Crippen LogP contribution in [0.25, 0.3) is 51.4 Å². The van der Waals surface area contributed by atoms with Gasteiger partial charge in [-0.05, 0) is 83.2 Å². The van der Waals surface area contributed by atoms with Crippen molar-refractivity contribution in [2.45, 2.75) is 18.8 Å². The zero-order chi connectivity index (χ0) is 36.3. The standard InChI is InChI=1S/C49H36N4O/c1-2-15-44-37(21-13-30-50-44)32-34-16-14-31-54-45-27-26-38(48-52-46(35-17-5-3-6-18-35)51-47(53-48)36-19-7-4-8-20-36)33-43(45)49(29-28-34)41-24-11-9-22-39(41)40-23-10-12-25-42(40)49/h2-31,33H,32H2,1H3/b15-2-,29-28+,31-14+,34-16-. The fraction of sp³-hybridized carbons (Fsp3) is 0.0612. The van der Waals surface area contributed by atoms with Crippen molar-refractivity contribution < 1.29 is 4.74 Å². The van der Waals surface area contributed by atoms with Crippen molar-refractivity contribution in [3.63, 3.8) is 0 Å². The average molecular weight is 697 g/mol. The highest BCUT2D eigenvalue weighted by molar-refractivity contribution is 5.86. The van der Waals surface area contributed by atoms with E-state index >= 15 is 0 Å². The molecule has 0 bridgehead atoms. The number of hydrogen-bond acceptors (Lipinski definition) is 5. The van der Waals surface area contributed by atoms with Crippen LogP contribution < -0.4 is 4.74 Å². The van der Waals surface area contributed by atoms with Crippen molar-refractivity contribution in [1.29, 1.82) is 0 Å². The molecule has 1 aliphatic carbocycles. The highest BCUT2D eigenvalue weighted by Crippen LogP contribution is 2.56. The van der Waals surface area contributed by atoms with Gasteiger partial charge in [0.1, 0.15) is 5.75 Å². The molecule has 2 aliphatic rings. The number of fused-ring (bicyclic) bond motifs is 7. The van der Waals surface area contributed by atoms with Crippen LogP contribution in [0, 0.1) is 0 Å². The lowest BCUT2D eigenvalue weighted by molar-refractivity contribution is 0.469. The lowest BCUT2D eigenvalue weighted by Gasteiger charge is -2.32. The fourth-order valence-electron chi connectivity index (χ4n) is 7.66. The van der Waals surface area contributed by atoms with Gasteiger partial charge in [0.2, 0.25) is 0 Å². The summed E-state index contributed by atoms with van der Waals surface area (Å²) in [5, 5.41) is 0. The Morgan fingerprint density at radius 3 is 1.87 bits per heavy atom. The van der Waals surface area contributed by atoms with E-state index in [0.717, 1.165) is 44.8 Å². The third-order valence-electron chi connectivity index (χ3n) is 10.1. The summed E-state index contributed by atoms with van der Waals surface area (Å²) in [5.74, 6) is 2.58. The van der Waals surface area contributed by atoms with E-state index in [4.69, 9.17) is 19.7 Å². The van der Waals surface area contributed by atoms with Crippen LogP contribution >= 0.6 is 0 Å². The largest absolute Gasteiger partial charge is 0.465 e. The summed E-state index contributed by atoms with van der Waals surface area (Å²) >= 11 is 0. The van der Waals surface area contributed by atoms with E-state index in [9.17, 15) is 0 Å². The van der Waals surface area contributed by atoms with Crippen molar-refractivity contribution in [2.75, 3.05) is 0 Å². The van der Waals surface area contributed by atoms with Gasteiger partial charge in [-0.2, -0.15) is 0 Å². The summed E-state index contributed by atoms with van der Waals surface area (Å²) in [6.45, 7) is 2.02. The molecule has 0 N–H and O–H groups in total. The van der Waals surface area contributed by atoms with E-state index < -0.39 is 5.41 Å². The number of nitrogens with zero attached hydrogens (tertiary/aromatic N) is 4. The van der Waals surface area contributed by atoms with Crippen molar-refractivity contribution >= 4 is 6.08 Å². The van der Waals surface area contributed by atoms with Gasteiger partial charge in [0.05, 0.1) is 17.4 Å². The van der Waals surface area contributed by atoms with Gasteiger partial charge in [0, 0.05) is 28.5 Å². The van der Waals surface area contributed by atoms with E-state index in [1.807, 2.05) is 104 Å². The molecule has 5 heteroatoms. The number of aromatic nitrogens is 4. The topological polar surface area (TPSA) is 60.8 Å². The molecule has 7 aromatic rings. The molecule has 1 aliphatic heterocycles. The molecule has 1 spiro atoms. The smallest absolute Gasteiger partial charge is 0.164 e. The number of benzene rings is 5. The number of ether oxygens (including phenoxy) is 1. The van der Waals surface area contributed by atoms with E-state index in [2.05, 4.69) is 90.0 Å². The third kappa shape index (κ3) is 5.96. The van der Waals surface area contributed by atoms with E-state index in [1.54, 1.807) is 6.26 Å². The van der Waals surface area contributed by atoms with Crippen molar-refractivity contribution in [3.05, 3.63) is 216 Å². The highest BCUT2D eigenvalue weighted by atomic mass is 16.5. The predicted octanol–water partition coefficient (Wildman–Crippen LogP) is 11.2. The van der Waals surface area contributed by atoms with Gasteiger partial charge < -0.3 is 4.74 Å². The molecule has 3 heterocycles. The zero-order valence-electron chi connectivity index (χ0n) is 29.8. The minimum Gasteiger partial charge on any atom is -0.465 e. The Balaban J connectivity index is 1.27. The summed E-state index contributed by atoms with van der Waals surface area (Å²) in [6.07, 6.45) is 17.2. The number of allylic oxidation sites excluding steroid dienone is 6. The molecule has 258 valence electrons. The van der Waals surface area contributed by atoms with Crippen LogP contribution in [-0.2, 0) is 11.8 Å². The van der Waals surface area contributed by atoms with Gasteiger partial charge in [-0.15, -0.1) is 0 Å². The van der Waals surface area contributed by atoms with Crippen LogP contribution in [0.1, 0.15) is 34.9 Å². The second-order valence-electron chi connectivity index (χ2n) is 13.4. The minimum atomic E-state index is -0.693. The first-order chi connectivity index (χ1) is 26.7. The number of hydrogen-bond donors (Lipinski definition) is 0. The molecule has 0 fully saturated rings. The third-order valence-corrected chi connectivity index (χ3v) is 10.1. The summed E-state index contributed by atoms with van der Waals surface area (Å²) in [4.78, 5) is 19.8. The van der Waals surface area contributed by atoms with E-state index in [1.165, 1.54) is 22.3 Å². The lowest BCUT2D eigenvalue weighted by Crippen LogP contribution is -2.25. The Hall–Kier alpha value is -6.98. The van der Waals surface area contributed by atoms with Crippen molar-refractivity contribution in [3.8, 4) is 51.0 Å². The summed E-state index contributed by atoms with van der Waals surface area (Å²) < 4.78 is 6.58. The first kappa shape index (κ1) is 32.9. The maximum atomic E-state index is 6.58. The van der Waals surface area contributed by atoms with Gasteiger partial charge in [0.15, 0.2) is 17.5 Å². The predicted molar refractivity (Wildman–Crippen MR) is 218 cm³/mol. The van der Waals surface area contributed by atoms with Gasteiger partial charge in [-0.25, -0.2) is 15.0 Å². The molecule has 0 saturated carbocycles. The van der Waals surface area contributed by atoms with Crippen LogP contribution in [0.2, 0.25) is 0 Å². The monoisotopic (exact) mass is 696 g/mol. The normalized spacial score (nSPS) is 16.1. The van der Waals surface area contributed by atoms with Crippen LogP contribution in [-0.4, -0.2) is 19.9 Å². The molecule has 0 saturated heterocycles. The number of pyridine rings is 1. The molecule has 9 rings (SSSR count). The molecular weight excluding hydrogens is 661 g/mol. The van der Waals surface area contributed by atoms with Crippen LogP contribution in [0.15, 0.2) is 188 Å². The molecule has 2 aromatic heterocycles. The molecule has 0 atom stereocenters. The number of rotatable bonds is 6. The van der Waals surface area contributed by atoms with E-state index in [-0.39, 0.29) is 0 Å². The first-order valence-electron chi connectivity index (χ1n) is 18.2. The van der Waals surface area contributed by atoms with Crippen molar-refractivity contribution in [2.24, 2.45) is 0 Å². The Labute approximate surface area is 315 Å². The van der Waals surface area contributed by atoms with Gasteiger partial charge in [-0.3, -0.25) is 4.98 Å². The Bertz CT molecular complexity index is 2520. The summed E-state index contributed by atoms with van der Waals surface area (Å²) in [7, 11) is 0. The van der Waals surface area contributed by atoms with Gasteiger partial charge in [-0.1, -0.05) is 140 Å². The van der Waals surface area contributed by atoms with Crippen molar-refractivity contribution in [1.82, 2.24) is 19.9 Å². The Morgan fingerprint density at radius 2 is 1.22 bits per heavy atom. The molecule has 0 amide bonds. The second kappa shape index (κ2) is 14.2. The molecule has 5 aromatic carbocycles. The molecule has 54 heavy (non-hydrogen) atoms. The van der Waals surface area contributed by atoms with E-state index in [0.29, 0.717) is 23.9 Å². The van der Waals surface area contributed by atoms with Crippen LogP contribution in [0.5, 0.6) is 5.75 Å². The zero-order valence-corrected chi connectivity index (χ0v) is 29.8.